The lowest BCUT2D eigenvalue weighted by molar-refractivity contribution is 0.562. The SMILES string of the molecule is CC.CC.CC(N)CCCc1cc(Cl)c(F)c(-c2cc3cn(-c4ccc(C(C)NCCCN=C(N)N)cc4)c(=O)nc3[nH]2)c1. The highest BCUT2D eigenvalue weighted by molar-refractivity contribution is 6.31. The fraction of sp³-hybridized carbons (Fsp3) is 0.424. The van der Waals surface area contributed by atoms with Gasteiger partial charge in [0.1, 0.15) is 5.65 Å². The minimum absolute atomic E-state index is 0.0528. The Morgan fingerprint density at radius 3 is 2.41 bits per heavy atom. The van der Waals surface area contributed by atoms with Gasteiger partial charge >= 0.3 is 5.69 Å². The van der Waals surface area contributed by atoms with E-state index >= 15 is 4.39 Å². The van der Waals surface area contributed by atoms with Crippen LogP contribution in [0.15, 0.2) is 58.4 Å². The molecule has 11 heteroatoms. The zero-order chi connectivity index (χ0) is 32.8. The number of nitrogens with one attached hydrogen (secondary N) is 2. The van der Waals surface area contributed by atoms with Crippen molar-refractivity contribution in [1.29, 1.82) is 0 Å². The highest BCUT2D eigenvalue weighted by atomic mass is 35.5. The number of aromatic amines is 1. The number of guanidine groups is 1. The Kier molecular flexibility index (Phi) is 15.1. The van der Waals surface area contributed by atoms with Crippen LogP contribution < -0.4 is 28.2 Å². The first-order valence-corrected chi connectivity index (χ1v) is 15.8. The Morgan fingerprint density at radius 2 is 1.77 bits per heavy atom. The van der Waals surface area contributed by atoms with Gasteiger partial charge in [-0.05, 0) is 87.5 Å². The van der Waals surface area contributed by atoms with Gasteiger partial charge in [0, 0.05) is 35.8 Å². The summed E-state index contributed by atoms with van der Waals surface area (Å²) >= 11 is 6.23. The number of nitrogens with two attached hydrogens (primary N) is 3. The summed E-state index contributed by atoms with van der Waals surface area (Å²) in [5.41, 5.74) is 20.0. The average molecular weight is 627 g/mol. The molecule has 0 aliphatic rings. The Bertz CT molecular complexity index is 1540. The second-order valence-electron chi connectivity index (χ2n) is 10.1. The van der Waals surface area contributed by atoms with E-state index in [9.17, 15) is 4.79 Å². The van der Waals surface area contributed by atoms with Gasteiger partial charge in [-0.3, -0.25) is 9.56 Å². The molecule has 8 N–H and O–H groups in total. The molecule has 2 atom stereocenters. The van der Waals surface area contributed by atoms with Gasteiger partial charge in [-0.25, -0.2) is 9.18 Å². The van der Waals surface area contributed by atoms with E-state index in [1.807, 2.05) is 58.9 Å². The van der Waals surface area contributed by atoms with Crippen LogP contribution in [0.4, 0.5) is 4.39 Å². The molecule has 2 aromatic heterocycles. The van der Waals surface area contributed by atoms with E-state index in [1.54, 1.807) is 24.4 Å². The molecule has 4 rings (SSSR count). The first-order chi connectivity index (χ1) is 21.1. The van der Waals surface area contributed by atoms with Crippen LogP contribution in [0.2, 0.25) is 5.02 Å². The molecular formula is C33H48ClFN8O. The van der Waals surface area contributed by atoms with Crippen LogP contribution in [0.25, 0.3) is 28.0 Å². The Morgan fingerprint density at radius 1 is 1.09 bits per heavy atom. The van der Waals surface area contributed by atoms with Gasteiger partial charge in [0.2, 0.25) is 0 Å². The molecular weight excluding hydrogens is 579 g/mol. The Labute approximate surface area is 265 Å². The summed E-state index contributed by atoms with van der Waals surface area (Å²) in [7, 11) is 0. The van der Waals surface area contributed by atoms with Crippen LogP contribution in [-0.4, -0.2) is 39.6 Å². The third kappa shape index (κ3) is 10.2. The molecule has 0 aliphatic carbocycles. The smallest absolute Gasteiger partial charge is 0.354 e. The second-order valence-corrected chi connectivity index (χ2v) is 10.5. The van der Waals surface area contributed by atoms with Crippen LogP contribution in [0.1, 0.15) is 78.0 Å². The lowest BCUT2D eigenvalue weighted by atomic mass is 10.0. The van der Waals surface area contributed by atoms with Gasteiger partial charge in [0.15, 0.2) is 11.8 Å². The van der Waals surface area contributed by atoms with Crippen LogP contribution in [0.3, 0.4) is 0 Å². The molecule has 0 saturated heterocycles. The molecule has 0 aliphatic heterocycles. The molecule has 2 aromatic carbocycles. The zero-order valence-corrected chi connectivity index (χ0v) is 27.5. The van der Waals surface area contributed by atoms with E-state index < -0.39 is 11.5 Å². The fourth-order valence-corrected chi connectivity index (χ4v) is 4.83. The number of hydrogen-bond donors (Lipinski definition) is 5. The quantitative estimate of drug-likeness (QED) is 0.0716. The topological polar surface area (TPSA) is 153 Å². The predicted octanol–water partition coefficient (Wildman–Crippen LogP) is 6.21. The van der Waals surface area contributed by atoms with E-state index in [4.69, 9.17) is 28.8 Å². The van der Waals surface area contributed by atoms with Crippen molar-refractivity contribution >= 4 is 28.6 Å². The van der Waals surface area contributed by atoms with Crippen LogP contribution in [-0.2, 0) is 6.42 Å². The van der Waals surface area contributed by atoms with Gasteiger partial charge in [-0.1, -0.05) is 51.4 Å². The summed E-state index contributed by atoms with van der Waals surface area (Å²) in [4.78, 5) is 24.2. The lowest BCUT2D eigenvalue weighted by Crippen LogP contribution is -2.24. The molecule has 0 spiro atoms. The molecule has 240 valence electrons. The molecule has 9 nitrogen and oxygen atoms in total. The fourth-order valence-electron chi connectivity index (χ4n) is 4.59. The second kappa shape index (κ2) is 18.2. The van der Waals surface area contributed by atoms with Gasteiger partial charge < -0.3 is 27.5 Å². The van der Waals surface area contributed by atoms with Gasteiger partial charge in [-0.2, -0.15) is 4.98 Å². The molecule has 2 heterocycles. The number of rotatable bonds is 12. The standard InChI is InChI=1S/C29H36ClFN8O.2C2H6/c1-17(32)5-3-6-19-13-23(26(31)24(30)14-19)25-15-21-16-39(29(40)38-27(21)37-25)22-9-7-20(8-10-22)18(2)35-11-4-12-36-28(33)34;2*1-2/h7-10,13-18,35H,3-6,11-12,32H2,1-2H3,(H4,33,34,36)(H,37,38,40);2*1-2H3. The molecule has 0 amide bonds. The first-order valence-electron chi connectivity index (χ1n) is 15.4. The van der Waals surface area contributed by atoms with Gasteiger partial charge in [-0.15, -0.1) is 0 Å². The maximum Gasteiger partial charge on any atom is 0.354 e. The van der Waals surface area contributed by atoms with Crippen molar-refractivity contribution in [2.75, 3.05) is 13.1 Å². The summed E-state index contributed by atoms with van der Waals surface area (Å²) in [6, 6.07) is 13.1. The Balaban J connectivity index is 0.00000162. The maximum absolute atomic E-state index is 15.0. The summed E-state index contributed by atoms with van der Waals surface area (Å²) in [6.45, 7) is 13.4. The van der Waals surface area contributed by atoms with Crippen molar-refractivity contribution in [2.24, 2.45) is 22.2 Å². The summed E-state index contributed by atoms with van der Waals surface area (Å²) in [6.07, 6.45) is 4.99. The van der Waals surface area contributed by atoms with Crippen LogP contribution in [0.5, 0.6) is 0 Å². The predicted molar refractivity (Wildman–Crippen MR) is 183 cm³/mol. The molecule has 0 bridgehead atoms. The minimum atomic E-state index is -0.519. The van der Waals surface area contributed by atoms with Crippen molar-refractivity contribution < 1.29 is 4.39 Å². The number of benzene rings is 2. The van der Waals surface area contributed by atoms with Crippen molar-refractivity contribution in [3.05, 3.63) is 81.1 Å². The number of fused-ring (bicyclic) bond motifs is 1. The third-order valence-electron chi connectivity index (χ3n) is 6.76. The summed E-state index contributed by atoms with van der Waals surface area (Å²) in [5.74, 6) is -0.425. The van der Waals surface area contributed by atoms with E-state index in [-0.39, 0.29) is 23.1 Å². The lowest BCUT2D eigenvalue weighted by Gasteiger charge is -2.15. The number of H-pyrrole nitrogens is 1. The number of nitrogens with zero attached hydrogens (tertiary/aromatic N) is 3. The highest BCUT2D eigenvalue weighted by Crippen LogP contribution is 2.31. The number of hydrogen-bond acceptors (Lipinski definition) is 5. The van der Waals surface area contributed by atoms with Crippen LogP contribution >= 0.6 is 11.6 Å². The molecule has 2 unspecified atom stereocenters. The van der Waals surface area contributed by atoms with Crippen molar-refractivity contribution in [1.82, 2.24) is 19.9 Å². The maximum atomic E-state index is 15.0. The number of aryl methyl sites for hydroxylation is 1. The largest absolute Gasteiger partial charge is 0.370 e. The molecule has 44 heavy (non-hydrogen) atoms. The molecule has 0 fully saturated rings. The monoisotopic (exact) mass is 626 g/mol. The number of aliphatic imine (C=N–C) groups is 1. The van der Waals surface area contributed by atoms with Crippen molar-refractivity contribution in [3.63, 3.8) is 0 Å². The zero-order valence-electron chi connectivity index (χ0n) is 26.8. The Hall–Kier alpha value is -3.73. The van der Waals surface area contributed by atoms with Crippen molar-refractivity contribution in [2.45, 2.75) is 79.3 Å². The van der Waals surface area contributed by atoms with Gasteiger partial charge in [0.25, 0.3) is 0 Å². The third-order valence-corrected chi connectivity index (χ3v) is 7.04. The molecule has 0 radical (unpaired) electrons. The average Bonchev–Trinajstić information content (AvgIpc) is 3.42. The molecule has 0 saturated carbocycles. The minimum Gasteiger partial charge on any atom is -0.370 e. The number of halogens is 2. The van der Waals surface area contributed by atoms with E-state index in [2.05, 4.69) is 27.2 Å². The number of aromatic nitrogens is 3. The van der Waals surface area contributed by atoms with E-state index in [1.165, 1.54) is 4.57 Å². The van der Waals surface area contributed by atoms with E-state index in [0.29, 0.717) is 34.5 Å². The van der Waals surface area contributed by atoms with Crippen molar-refractivity contribution in [3.8, 4) is 16.9 Å². The van der Waals surface area contributed by atoms with Crippen LogP contribution in [0, 0.1) is 5.82 Å². The summed E-state index contributed by atoms with van der Waals surface area (Å²) < 4.78 is 16.5. The highest BCUT2D eigenvalue weighted by Gasteiger charge is 2.16. The summed E-state index contributed by atoms with van der Waals surface area (Å²) in [5, 5.41) is 4.16. The van der Waals surface area contributed by atoms with E-state index in [0.717, 1.165) is 43.4 Å². The first kappa shape index (κ1) is 36.5. The van der Waals surface area contributed by atoms with Gasteiger partial charge in [0.05, 0.1) is 16.4 Å². The molecule has 4 aromatic rings. The normalized spacial score (nSPS) is 12.0.